The van der Waals surface area contributed by atoms with E-state index in [1.807, 2.05) is 0 Å². The number of carbonyl (C=O) groups excluding carboxylic acids is 1. The fraction of sp³-hybridized carbons (Fsp3) is 0.200. The van der Waals surface area contributed by atoms with Crippen molar-refractivity contribution in [2.24, 2.45) is 20.7 Å². The normalized spacial score (nSPS) is 22.4. The Morgan fingerprint density at radius 1 is 1.44 bits per heavy atom. The molecule has 16 heavy (non-hydrogen) atoms. The van der Waals surface area contributed by atoms with E-state index in [1.54, 1.807) is 0 Å². The van der Waals surface area contributed by atoms with Crippen LogP contribution in [0.2, 0.25) is 0 Å². The first-order chi connectivity index (χ1) is 7.27. The monoisotopic (exact) mass is 249 g/mol. The van der Waals surface area contributed by atoms with Gasteiger partial charge in [0, 0.05) is 0 Å². The third-order valence-electron chi connectivity index (χ3n) is 1.42. The molecule has 0 fully saturated rings. The maximum Gasteiger partial charge on any atom is 0.394 e. The number of aliphatic imine (C=N–C) groups is 3. The standard InChI is InChI=1S/C5H5N5O.H2O4S/c6-3-2-4(8-1-7-2)10-5(11)9-3;1-5(2,3)4/h1-2H,(H3,6,7,8,9,10,11);(H2,1,2,3,4). The van der Waals surface area contributed by atoms with Crippen LogP contribution in [0.3, 0.4) is 0 Å². The summed E-state index contributed by atoms with van der Waals surface area (Å²) in [5, 5.41) is 2.43. The van der Waals surface area contributed by atoms with Crippen molar-refractivity contribution in [2.45, 2.75) is 6.04 Å². The molecule has 1 unspecified atom stereocenters. The molecule has 0 saturated carbocycles. The molecule has 0 bridgehead atoms. The number of fused-ring (bicyclic) bond motifs is 1. The smallest absolute Gasteiger partial charge is 0.385 e. The van der Waals surface area contributed by atoms with Gasteiger partial charge in [-0.25, -0.2) is 9.79 Å². The van der Waals surface area contributed by atoms with Gasteiger partial charge in [-0.3, -0.25) is 19.4 Å². The van der Waals surface area contributed by atoms with E-state index in [1.165, 1.54) is 6.34 Å². The quantitative estimate of drug-likeness (QED) is 0.370. The number of carbonyl (C=O) groups is 1. The zero-order chi connectivity index (χ0) is 12.3. The lowest BCUT2D eigenvalue weighted by Crippen LogP contribution is -2.47. The SMILES string of the molecule is NC1=NC(=O)NC2=NC=NC12.O=S(=O)(O)O. The van der Waals surface area contributed by atoms with E-state index in [0.29, 0.717) is 5.84 Å². The minimum atomic E-state index is -4.67. The largest absolute Gasteiger partial charge is 0.394 e. The molecule has 2 heterocycles. The summed E-state index contributed by atoms with van der Waals surface area (Å²) < 4.78 is 31.6. The number of urea groups is 1. The molecule has 2 aliphatic rings. The average molecular weight is 249 g/mol. The number of nitrogens with one attached hydrogen (secondary N) is 1. The zero-order valence-corrected chi connectivity index (χ0v) is 8.42. The highest BCUT2D eigenvalue weighted by Gasteiger charge is 2.28. The predicted octanol–water partition coefficient (Wildman–Crippen LogP) is -1.78. The molecule has 0 radical (unpaired) electrons. The fourth-order valence-electron chi connectivity index (χ4n) is 0.936. The van der Waals surface area contributed by atoms with E-state index in [4.69, 9.17) is 23.3 Å². The van der Waals surface area contributed by atoms with Crippen LogP contribution in [0, 0.1) is 0 Å². The van der Waals surface area contributed by atoms with Gasteiger partial charge in [0.05, 0.1) is 0 Å². The van der Waals surface area contributed by atoms with Gasteiger partial charge >= 0.3 is 16.4 Å². The minimum absolute atomic E-state index is 0.196. The molecule has 0 aromatic heterocycles. The first kappa shape index (κ1) is 12.2. The van der Waals surface area contributed by atoms with Crippen LogP contribution in [0.1, 0.15) is 0 Å². The van der Waals surface area contributed by atoms with Crippen molar-refractivity contribution in [3.63, 3.8) is 0 Å². The zero-order valence-electron chi connectivity index (χ0n) is 7.60. The molecule has 2 rings (SSSR count). The molecule has 10 nitrogen and oxygen atoms in total. The van der Waals surface area contributed by atoms with Crippen molar-refractivity contribution in [3.8, 4) is 0 Å². The highest BCUT2D eigenvalue weighted by atomic mass is 32.3. The number of amidine groups is 2. The second-order valence-electron chi connectivity index (χ2n) is 2.60. The molecule has 5 N–H and O–H groups in total. The number of nitrogens with zero attached hydrogens (tertiary/aromatic N) is 3. The van der Waals surface area contributed by atoms with E-state index < -0.39 is 16.4 Å². The average Bonchev–Trinajstić information content (AvgIpc) is 2.47. The van der Waals surface area contributed by atoms with Crippen LogP contribution in [0.4, 0.5) is 4.79 Å². The Hall–Kier alpha value is -1.85. The van der Waals surface area contributed by atoms with Crippen LogP contribution >= 0.6 is 0 Å². The summed E-state index contributed by atoms with van der Waals surface area (Å²) in [6.45, 7) is 0. The van der Waals surface area contributed by atoms with Gasteiger partial charge in [0.2, 0.25) is 0 Å². The Kier molecular flexibility index (Phi) is 3.31. The molecular formula is C5H7N5O5S. The van der Waals surface area contributed by atoms with E-state index in [-0.39, 0.29) is 11.9 Å². The van der Waals surface area contributed by atoms with E-state index in [2.05, 4.69) is 20.3 Å². The first-order valence-corrected chi connectivity index (χ1v) is 5.11. The molecule has 11 heteroatoms. The predicted molar refractivity (Wildman–Crippen MR) is 54.0 cm³/mol. The Morgan fingerprint density at radius 3 is 2.56 bits per heavy atom. The molecule has 0 aromatic rings. The third kappa shape index (κ3) is 3.72. The Morgan fingerprint density at radius 2 is 2.00 bits per heavy atom. The molecule has 1 atom stereocenters. The maximum absolute atomic E-state index is 10.7. The highest BCUT2D eigenvalue weighted by Crippen LogP contribution is 2.04. The summed E-state index contributed by atoms with van der Waals surface area (Å²) in [5.41, 5.74) is 5.40. The fourth-order valence-corrected chi connectivity index (χ4v) is 0.936. The molecule has 2 aliphatic heterocycles. The second-order valence-corrected chi connectivity index (χ2v) is 3.49. The summed E-state index contributed by atoms with van der Waals surface area (Å²) in [7, 11) is -4.67. The van der Waals surface area contributed by atoms with Gasteiger partial charge in [-0.15, -0.1) is 0 Å². The summed E-state index contributed by atoms with van der Waals surface area (Å²) in [5.74, 6) is 0.656. The van der Waals surface area contributed by atoms with Gasteiger partial charge < -0.3 is 5.73 Å². The van der Waals surface area contributed by atoms with E-state index in [9.17, 15) is 4.79 Å². The molecule has 0 aromatic carbocycles. The molecule has 2 amide bonds. The van der Waals surface area contributed by atoms with Gasteiger partial charge in [0.1, 0.15) is 18.0 Å². The van der Waals surface area contributed by atoms with Crippen LogP contribution in [0.15, 0.2) is 15.0 Å². The van der Waals surface area contributed by atoms with Crippen LogP contribution in [0.25, 0.3) is 0 Å². The van der Waals surface area contributed by atoms with Crippen molar-refractivity contribution in [1.29, 1.82) is 0 Å². The number of nitrogens with two attached hydrogens (primary N) is 1. The van der Waals surface area contributed by atoms with E-state index >= 15 is 0 Å². The number of hydrogen-bond donors (Lipinski definition) is 4. The summed E-state index contributed by atoms with van der Waals surface area (Å²) in [4.78, 5) is 21.8. The molecule has 0 saturated heterocycles. The van der Waals surface area contributed by atoms with Gasteiger partial charge in [-0.2, -0.15) is 13.4 Å². The second kappa shape index (κ2) is 4.34. The first-order valence-electron chi connectivity index (χ1n) is 3.71. The van der Waals surface area contributed by atoms with Gasteiger partial charge in [0.25, 0.3) is 0 Å². The summed E-state index contributed by atoms with van der Waals surface area (Å²) in [6, 6.07) is -0.851. The third-order valence-corrected chi connectivity index (χ3v) is 1.42. The Balaban J connectivity index is 0.000000221. The van der Waals surface area contributed by atoms with Crippen molar-refractivity contribution in [2.75, 3.05) is 0 Å². The highest BCUT2D eigenvalue weighted by molar-refractivity contribution is 7.79. The van der Waals surface area contributed by atoms with Crippen molar-refractivity contribution in [1.82, 2.24) is 5.32 Å². The maximum atomic E-state index is 10.7. The number of rotatable bonds is 0. The van der Waals surface area contributed by atoms with Crippen molar-refractivity contribution < 1.29 is 22.3 Å². The lowest BCUT2D eigenvalue weighted by molar-refractivity contribution is 0.252. The lowest BCUT2D eigenvalue weighted by atomic mass is 10.2. The topological polar surface area (TPSA) is 167 Å². The van der Waals surface area contributed by atoms with Crippen LogP contribution in [-0.4, -0.2) is 47.6 Å². The van der Waals surface area contributed by atoms with Crippen LogP contribution in [0.5, 0.6) is 0 Å². The van der Waals surface area contributed by atoms with Gasteiger partial charge in [-0.05, 0) is 0 Å². The molecule has 0 aliphatic carbocycles. The summed E-state index contributed by atoms with van der Waals surface area (Å²) >= 11 is 0. The summed E-state index contributed by atoms with van der Waals surface area (Å²) in [6.07, 6.45) is 1.36. The Labute approximate surface area is 89.6 Å². The molecular weight excluding hydrogens is 242 g/mol. The van der Waals surface area contributed by atoms with E-state index in [0.717, 1.165) is 0 Å². The van der Waals surface area contributed by atoms with Crippen LogP contribution < -0.4 is 11.1 Å². The lowest BCUT2D eigenvalue weighted by Gasteiger charge is -2.14. The van der Waals surface area contributed by atoms with Crippen molar-refractivity contribution in [3.05, 3.63) is 0 Å². The Bertz CT molecular complexity index is 483. The van der Waals surface area contributed by atoms with Gasteiger partial charge in [-0.1, -0.05) is 0 Å². The minimum Gasteiger partial charge on any atom is -0.385 e. The van der Waals surface area contributed by atoms with Crippen LogP contribution in [-0.2, 0) is 10.4 Å². The number of amides is 2. The van der Waals surface area contributed by atoms with Gasteiger partial charge in [0.15, 0.2) is 6.04 Å². The molecule has 0 spiro atoms. The van der Waals surface area contributed by atoms with Crippen molar-refractivity contribution >= 4 is 34.4 Å². The number of hydrogen-bond acceptors (Lipinski definition) is 6. The molecule has 88 valence electrons.